The van der Waals surface area contributed by atoms with Gasteiger partial charge in [-0.15, -0.1) is 0 Å². The fourth-order valence-electron chi connectivity index (χ4n) is 5.43. The highest BCUT2D eigenvalue weighted by Crippen LogP contribution is 2.21. The summed E-state index contributed by atoms with van der Waals surface area (Å²) in [6, 6.07) is 20.8. The van der Waals surface area contributed by atoms with Gasteiger partial charge in [-0.3, -0.25) is 24.6 Å². The van der Waals surface area contributed by atoms with Crippen LogP contribution in [0.4, 0.5) is 0 Å². The number of aliphatic carboxylic acids is 1. The van der Waals surface area contributed by atoms with Crippen LogP contribution in [0.3, 0.4) is 0 Å². The van der Waals surface area contributed by atoms with E-state index >= 15 is 0 Å². The van der Waals surface area contributed by atoms with Crippen LogP contribution in [-0.4, -0.2) is 70.5 Å². The predicted molar refractivity (Wildman–Crippen MR) is 188 cm³/mol. The number of benzene rings is 3. The van der Waals surface area contributed by atoms with Gasteiger partial charge in [0.25, 0.3) is 0 Å². The number of nitrogens with two attached hydrogens (primary N) is 2. The quantitative estimate of drug-likeness (QED) is 0.0459. The fraction of sp³-hybridized carbons (Fsp3) is 0.306. The summed E-state index contributed by atoms with van der Waals surface area (Å²) in [6.07, 6.45) is 3.30. The molecule has 3 amide bonds. The van der Waals surface area contributed by atoms with Crippen molar-refractivity contribution in [3.63, 3.8) is 0 Å². The van der Waals surface area contributed by atoms with Crippen molar-refractivity contribution in [2.24, 2.45) is 11.5 Å². The van der Waals surface area contributed by atoms with E-state index in [9.17, 15) is 24.3 Å². The summed E-state index contributed by atoms with van der Waals surface area (Å²) < 4.78 is 0. The van der Waals surface area contributed by atoms with Crippen molar-refractivity contribution in [1.82, 2.24) is 26.3 Å². The van der Waals surface area contributed by atoms with Crippen molar-refractivity contribution >= 4 is 40.6 Å². The molecule has 0 spiro atoms. The molecule has 4 rings (SSSR count). The van der Waals surface area contributed by atoms with E-state index in [0.717, 1.165) is 33.2 Å². The number of fused-ring (bicyclic) bond motifs is 1. The smallest absolute Gasteiger partial charge is 0.325 e. The van der Waals surface area contributed by atoms with Gasteiger partial charge < -0.3 is 42.8 Å². The summed E-state index contributed by atoms with van der Waals surface area (Å²) in [5.74, 6) is -3.24. The molecular formula is C36H44N8O5. The third-order valence-corrected chi connectivity index (χ3v) is 8.18. The molecule has 0 fully saturated rings. The van der Waals surface area contributed by atoms with Gasteiger partial charge in [0.15, 0.2) is 5.96 Å². The number of aromatic nitrogens is 1. The van der Waals surface area contributed by atoms with Crippen LogP contribution < -0.4 is 32.7 Å². The molecule has 0 saturated heterocycles. The predicted octanol–water partition coefficient (Wildman–Crippen LogP) is 2.16. The van der Waals surface area contributed by atoms with Crippen molar-refractivity contribution in [3.8, 4) is 11.1 Å². The van der Waals surface area contributed by atoms with E-state index in [-0.39, 0.29) is 25.2 Å². The van der Waals surface area contributed by atoms with E-state index in [0.29, 0.717) is 19.4 Å². The first-order valence-corrected chi connectivity index (χ1v) is 16.2. The summed E-state index contributed by atoms with van der Waals surface area (Å²) in [4.78, 5) is 55.1. The van der Waals surface area contributed by atoms with Crippen LogP contribution in [-0.2, 0) is 32.0 Å². The molecule has 13 nitrogen and oxygen atoms in total. The van der Waals surface area contributed by atoms with Gasteiger partial charge in [0.1, 0.15) is 18.1 Å². The lowest BCUT2D eigenvalue weighted by Crippen LogP contribution is -2.57. The number of hydrogen-bond acceptors (Lipinski definition) is 6. The normalized spacial score (nSPS) is 13.4. The third-order valence-electron chi connectivity index (χ3n) is 8.18. The monoisotopic (exact) mass is 668 g/mol. The van der Waals surface area contributed by atoms with E-state index in [2.05, 4.69) is 26.3 Å². The molecule has 0 saturated carbocycles. The van der Waals surface area contributed by atoms with E-state index in [1.54, 1.807) is 0 Å². The number of hydrogen-bond donors (Lipinski definition) is 9. The largest absolute Gasteiger partial charge is 0.480 e. The molecule has 0 bridgehead atoms. The number of carbonyl (C=O) groups excluding carboxylic acids is 3. The lowest BCUT2D eigenvalue weighted by molar-refractivity contribution is -0.141. The second kappa shape index (κ2) is 17.5. The lowest BCUT2D eigenvalue weighted by Gasteiger charge is -2.25. The SMILES string of the molecule is C[C@H](NC(=O)[C@H](CCCCNC(=N)N)NC(=O)[C@H](Cc1ccc(-c2ccccc2)cc1)NC(=O)[C@@H](N)Cc1c[nH]c2ccccc12)C(=O)O. The van der Waals surface area contributed by atoms with Crippen molar-refractivity contribution in [3.05, 3.63) is 96.2 Å². The first-order chi connectivity index (χ1) is 23.5. The number of nitrogens with one attached hydrogen (secondary N) is 6. The summed E-state index contributed by atoms with van der Waals surface area (Å²) in [5.41, 5.74) is 16.3. The van der Waals surface area contributed by atoms with Gasteiger partial charge >= 0.3 is 5.97 Å². The number of unbranched alkanes of at least 4 members (excludes halogenated alkanes) is 1. The van der Waals surface area contributed by atoms with Crippen molar-refractivity contribution in [2.75, 3.05) is 6.54 Å². The van der Waals surface area contributed by atoms with Crippen LogP contribution in [0, 0.1) is 5.41 Å². The molecule has 11 N–H and O–H groups in total. The fourth-order valence-corrected chi connectivity index (χ4v) is 5.43. The van der Waals surface area contributed by atoms with Gasteiger partial charge in [-0.2, -0.15) is 0 Å². The molecule has 1 aromatic heterocycles. The van der Waals surface area contributed by atoms with E-state index in [1.807, 2.05) is 85.1 Å². The average Bonchev–Trinajstić information content (AvgIpc) is 3.50. The van der Waals surface area contributed by atoms with Crippen LogP contribution >= 0.6 is 0 Å². The number of rotatable bonds is 17. The standard InChI is InChI=1S/C36H44N8O5/c1-22(35(48)49)42-33(46)30(13-7-8-18-40-36(38)39)43-34(47)31(19-23-14-16-25(17-15-23)24-9-3-2-4-10-24)44-32(45)28(37)20-26-21-41-29-12-6-5-11-27(26)29/h2-6,9-12,14-17,21-22,28,30-31,41H,7-8,13,18-20,37H2,1H3,(H,42,46)(H,43,47)(H,44,45)(H,48,49)(H4,38,39,40)/t22-,28-,30-,31-/m0/s1. The van der Waals surface area contributed by atoms with Gasteiger partial charge in [-0.1, -0.05) is 72.8 Å². The Morgan fingerprint density at radius 2 is 1.43 bits per heavy atom. The molecule has 0 unspecified atom stereocenters. The Hall–Kier alpha value is -5.69. The Morgan fingerprint density at radius 1 is 0.796 bits per heavy atom. The summed E-state index contributed by atoms with van der Waals surface area (Å²) in [5, 5.41) is 28.2. The third kappa shape index (κ3) is 10.7. The molecule has 13 heteroatoms. The molecule has 0 aliphatic heterocycles. The van der Waals surface area contributed by atoms with Crippen LogP contribution in [0.5, 0.6) is 0 Å². The molecule has 4 atom stereocenters. The number of para-hydroxylation sites is 1. The number of carboxylic acid groups (broad SMARTS) is 1. The Labute approximate surface area is 284 Å². The Morgan fingerprint density at radius 3 is 2.12 bits per heavy atom. The molecule has 258 valence electrons. The maximum atomic E-state index is 13.9. The highest BCUT2D eigenvalue weighted by molar-refractivity contribution is 5.94. The number of H-pyrrole nitrogens is 1. The molecular weight excluding hydrogens is 624 g/mol. The molecule has 49 heavy (non-hydrogen) atoms. The van der Waals surface area contributed by atoms with Crippen molar-refractivity contribution < 1.29 is 24.3 Å². The summed E-state index contributed by atoms with van der Waals surface area (Å²) in [6.45, 7) is 1.71. The first-order valence-electron chi connectivity index (χ1n) is 16.2. The van der Waals surface area contributed by atoms with Crippen LogP contribution in [0.25, 0.3) is 22.0 Å². The molecule has 1 heterocycles. The molecule has 0 aliphatic carbocycles. The second-order valence-corrected chi connectivity index (χ2v) is 12.0. The van der Waals surface area contributed by atoms with Gasteiger partial charge in [-0.25, -0.2) is 0 Å². The highest BCUT2D eigenvalue weighted by atomic mass is 16.4. The van der Waals surface area contributed by atoms with Crippen molar-refractivity contribution in [2.45, 2.75) is 63.2 Å². The number of guanidine groups is 1. The Kier molecular flexibility index (Phi) is 12.9. The Balaban J connectivity index is 1.52. The maximum Gasteiger partial charge on any atom is 0.325 e. The zero-order valence-corrected chi connectivity index (χ0v) is 27.4. The van der Waals surface area contributed by atoms with E-state index < -0.39 is 47.9 Å². The van der Waals surface area contributed by atoms with Gasteiger partial charge in [-0.05, 0) is 60.9 Å². The van der Waals surface area contributed by atoms with E-state index in [4.69, 9.17) is 16.9 Å². The number of carbonyl (C=O) groups is 4. The number of aromatic amines is 1. The molecule has 4 aromatic rings. The van der Waals surface area contributed by atoms with Crippen LogP contribution in [0.15, 0.2) is 85.1 Å². The second-order valence-electron chi connectivity index (χ2n) is 12.0. The first kappa shape index (κ1) is 36.2. The van der Waals surface area contributed by atoms with Gasteiger partial charge in [0.2, 0.25) is 17.7 Å². The van der Waals surface area contributed by atoms with Crippen LogP contribution in [0.1, 0.15) is 37.3 Å². The zero-order chi connectivity index (χ0) is 35.3. The number of carboxylic acids is 1. The molecule has 3 aromatic carbocycles. The molecule has 0 radical (unpaired) electrons. The topological polar surface area (TPSA) is 228 Å². The van der Waals surface area contributed by atoms with Crippen molar-refractivity contribution in [1.29, 1.82) is 5.41 Å². The summed E-state index contributed by atoms with van der Waals surface area (Å²) in [7, 11) is 0. The minimum Gasteiger partial charge on any atom is -0.480 e. The van der Waals surface area contributed by atoms with Crippen LogP contribution in [0.2, 0.25) is 0 Å². The minimum atomic E-state index is -1.22. The molecule has 0 aliphatic rings. The van der Waals surface area contributed by atoms with E-state index in [1.165, 1.54) is 6.92 Å². The lowest BCUT2D eigenvalue weighted by atomic mass is 9.99. The van der Waals surface area contributed by atoms with Gasteiger partial charge in [0.05, 0.1) is 6.04 Å². The number of amides is 3. The minimum absolute atomic E-state index is 0.106. The van der Waals surface area contributed by atoms with Gasteiger partial charge in [0, 0.05) is 30.1 Å². The zero-order valence-electron chi connectivity index (χ0n) is 27.4. The highest BCUT2D eigenvalue weighted by Gasteiger charge is 2.30. The maximum absolute atomic E-state index is 13.9. The Bertz CT molecular complexity index is 1740. The summed E-state index contributed by atoms with van der Waals surface area (Å²) >= 11 is 0. The average molecular weight is 669 g/mol.